The molecule has 130 valence electrons. The molecule has 1 aliphatic carbocycles. The molecule has 1 aliphatic rings. The number of nitrogens with zero attached hydrogens (tertiary/aromatic N) is 4. The van der Waals surface area contributed by atoms with E-state index in [4.69, 9.17) is 10.00 Å². The van der Waals surface area contributed by atoms with Crippen molar-refractivity contribution in [1.29, 1.82) is 5.26 Å². The van der Waals surface area contributed by atoms with E-state index in [1.165, 1.54) is 12.8 Å². The Bertz CT molecular complexity index is 951. The van der Waals surface area contributed by atoms with E-state index in [0.717, 1.165) is 23.6 Å². The van der Waals surface area contributed by atoms with E-state index in [1.54, 1.807) is 18.3 Å². The first-order chi connectivity index (χ1) is 12.7. The molecule has 0 atom stereocenters. The van der Waals surface area contributed by atoms with Crippen LogP contribution in [-0.4, -0.2) is 14.8 Å². The number of hydrogen-bond acceptors (Lipinski definition) is 5. The van der Waals surface area contributed by atoms with Crippen molar-refractivity contribution < 1.29 is 4.74 Å². The fourth-order valence-electron chi connectivity index (χ4n) is 2.71. The number of aryl methyl sites for hydroxylation is 1. The molecule has 2 aromatic heterocycles. The van der Waals surface area contributed by atoms with Crippen LogP contribution in [-0.2, 0) is 6.42 Å². The van der Waals surface area contributed by atoms with Crippen LogP contribution in [0.3, 0.4) is 0 Å². The Morgan fingerprint density at radius 1 is 1.27 bits per heavy atom. The van der Waals surface area contributed by atoms with E-state index in [1.807, 2.05) is 35.1 Å². The highest BCUT2D eigenvalue weighted by atomic mass is 16.5. The van der Waals surface area contributed by atoms with E-state index in [-0.39, 0.29) is 0 Å². The van der Waals surface area contributed by atoms with Gasteiger partial charge in [0.05, 0.1) is 23.9 Å². The summed E-state index contributed by atoms with van der Waals surface area (Å²) >= 11 is 0. The van der Waals surface area contributed by atoms with Gasteiger partial charge in [0.1, 0.15) is 17.3 Å². The Morgan fingerprint density at radius 3 is 2.77 bits per heavy atom. The largest absolute Gasteiger partial charge is 0.454 e. The number of benzene rings is 1. The molecule has 0 bridgehead atoms. The average Bonchev–Trinajstić information content (AvgIpc) is 3.44. The highest BCUT2D eigenvalue weighted by Crippen LogP contribution is 2.37. The summed E-state index contributed by atoms with van der Waals surface area (Å²) in [4.78, 5) is 4.33. The van der Waals surface area contributed by atoms with Gasteiger partial charge in [-0.3, -0.25) is 4.68 Å². The van der Waals surface area contributed by atoms with E-state index in [9.17, 15) is 0 Å². The molecule has 0 saturated heterocycles. The molecule has 0 spiro atoms. The highest BCUT2D eigenvalue weighted by Gasteiger charge is 2.26. The molecule has 2 heterocycles. The van der Waals surface area contributed by atoms with Crippen LogP contribution in [0.25, 0.3) is 0 Å². The van der Waals surface area contributed by atoms with Gasteiger partial charge in [-0.1, -0.05) is 6.92 Å². The maximum Gasteiger partial charge on any atom is 0.168 e. The minimum absolute atomic E-state index is 0.531. The standard InChI is InChI=1S/C20H19N5O/c1-2-18-19(13-25(24-18)16-7-8-16)26-17-9-10-22-20(11-17)23-15-5-3-14(12-21)4-6-15/h3-6,9-11,13,16H,2,7-8H2,1H3,(H,22,23). The number of hydrogen-bond donors (Lipinski definition) is 1. The van der Waals surface area contributed by atoms with Crippen LogP contribution in [0.2, 0.25) is 0 Å². The molecule has 0 amide bonds. The first kappa shape index (κ1) is 16.2. The molecule has 6 nitrogen and oxygen atoms in total. The number of ether oxygens (including phenoxy) is 1. The third-order valence-electron chi connectivity index (χ3n) is 4.27. The van der Waals surface area contributed by atoms with Gasteiger partial charge >= 0.3 is 0 Å². The van der Waals surface area contributed by atoms with Gasteiger partial charge in [-0.15, -0.1) is 0 Å². The Labute approximate surface area is 152 Å². The van der Waals surface area contributed by atoms with E-state index in [0.29, 0.717) is 23.2 Å². The molecule has 1 fully saturated rings. The van der Waals surface area contributed by atoms with Gasteiger partial charge < -0.3 is 10.1 Å². The summed E-state index contributed by atoms with van der Waals surface area (Å²) in [5.41, 5.74) is 2.46. The lowest BCUT2D eigenvalue weighted by Gasteiger charge is -2.08. The summed E-state index contributed by atoms with van der Waals surface area (Å²) in [5.74, 6) is 2.19. The van der Waals surface area contributed by atoms with Crippen molar-refractivity contribution in [3.05, 3.63) is 60.0 Å². The number of aromatic nitrogens is 3. The maximum absolute atomic E-state index is 8.87. The van der Waals surface area contributed by atoms with Crippen LogP contribution >= 0.6 is 0 Å². The molecule has 26 heavy (non-hydrogen) atoms. The third-order valence-corrected chi connectivity index (χ3v) is 4.27. The predicted molar refractivity (Wildman–Crippen MR) is 98.6 cm³/mol. The molecule has 6 heteroatoms. The fourth-order valence-corrected chi connectivity index (χ4v) is 2.71. The zero-order chi connectivity index (χ0) is 17.9. The van der Waals surface area contributed by atoms with Crippen LogP contribution in [0.4, 0.5) is 11.5 Å². The topological polar surface area (TPSA) is 75.8 Å². The van der Waals surface area contributed by atoms with Crippen molar-refractivity contribution in [1.82, 2.24) is 14.8 Å². The molecule has 1 aromatic carbocycles. The molecule has 0 radical (unpaired) electrons. The third kappa shape index (κ3) is 3.52. The van der Waals surface area contributed by atoms with Crippen LogP contribution in [0, 0.1) is 11.3 Å². The van der Waals surface area contributed by atoms with Gasteiger partial charge in [0.15, 0.2) is 5.75 Å². The number of rotatable bonds is 6. The van der Waals surface area contributed by atoms with Gasteiger partial charge in [0, 0.05) is 18.0 Å². The predicted octanol–water partition coefficient (Wildman–Crippen LogP) is 4.58. The fraction of sp³-hybridized carbons (Fsp3) is 0.250. The second-order valence-electron chi connectivity index (χ2n) is 6.30. The summed E-state index contributed by atoms with van der Waals surface area (Å²) in [6.07, 6.45) is 6.91. The summed E-state index contributed by atoms with van der Waals surface area (Å²) in [6, 6.07) is 13.6. The lowest BCUT2D eigenvalue weighted by Crippen LogP contribution is -1.95. The second-order valence-corrected chi connectivity index (χ2v) is 6.30. The van der Waals surface area contributed by atoms with E-state index >= 15 is 0 Å². The van der Waals surface area contributed by atoms with Crippen molar-refractivity contribution in [2.24, 2.45) is 0 Å². The van der Waals surface area contributed by atoms with E-state index in [2.05, 4.69) is 28.4 Å². The normalized spacial score (nSPS) is 13.2. The van der Waals surface area contributed by atoms with Crippen LogP contribution in [0.5, 0.6) is 11.5 Å². The number of anilines is 2. The van der Waals surface area contributed by atoms with Crippen molar-refractivity contribution in [3.63, 3.8) is 0 Å². The zero-order valence-electron chi connectivity index (χ0n) is 14.5. The Hall–Kier alpha value is -3.33. The van der Waals surface area contributed by atoms with Gasteiger partial charge in [-0.05, 0) is 49.6 Å². The van der Waals surface area contributed by atoms with Crippen molar-refractivity contribution in [2.75, 3.05) is 5.32 Å². The maximum atomic E-state index is 8.87. The van der Waals surface area contributed by atoms with Crippen LogP contribution in [0.1, 0.15) is 37.1 Å². The van der Waals surface area contributed by atoms with Gasteiger partial charge in [0.2, 0.25) is 0 Å². The monoisotopic (exact) mass is 345 g/mol. The second kappa shape index (κ2) is 6.89. The number of nitrogens with one attached hydrogen (secondary N) is 1. The van der Waals surface area contributed by atoms with Crippen molar-refractivity contribution in [2.45, 2.75) is 32.2 Å². The summed E-state index contributed by atoms with van der Waals surface area (Å²) in [5, 5.41) is 16.7. The number of pyridine rings is 1. The smallest absolute Gasteiger partial charge is 0.168 e. The quantitative estimate of drug-likeness (QED) is 0.707. The highest BCUT2D eigenvalue weighted by molar-refractivity contribution is 5.58. The van der Waals surface area contributed by atoms with E-state index < -0.39 is 0 Å². The molecular formula is C20H19N5O. The Balaban J connectivity index is 1.51. The van der Waals surface area contributed by atoms with Crippen molar-refractivity contribution >= 4 is 11.5 Å². The lowest BCUT2D eigenvalue weighted by molar-refractivity contribution is 0.475. The zero-order valence-corrected chi connectivity index (χ0v) is 14.5. The Kier molecular flexibility index (Phi) is 4.28. The minimum Gasteiger partial charge on any atom is -0.454 e. The summed E-state index contributed by atoms with van der Waals surface area (Å²) < 4.78 is 8.09. The molecule has 3 aromatic rings. The van der Waals surface area contributed by atoms with Gasteiger partial charge in [0.25, 0.3) is 0 Å². The molecule has 1 N–H and O–H groups in total. The SMILES string of the molecule is CCc1nn(C2CC2)cc1Oc1ccnc(Nc2ccc(C#N)cc2)c1. The first-order valence-corrected chi connectivity index (χ1v) is 8.74. The molecule has 0 unspecified atom stereocenters. The molecular weight excluding hydrogens is 326 g/mol. The van der Waals surface area contributed by atoms with Crippen LogP contribution < -0.4 is 10.1 Å². The molecule has 4 rings (SSSR count). The minimum atomic E-state index is 0.531. The first-order valence-electron chi connectivity index (χ1n) is 8.74. The van der Waals surface area contributed by atoms with Crippen LogP contribution in [0.15, 0.2) is 48.8 Å². The van der Waals surface area contributed by atoms with Gasteiger partial charge in [-0.25, -0.2) is 4.98 Å². The summed E-state index contributed by atoms with van der Waals surface area (Å²) in [6.45, 7) is 2.08. The van der Waals surface area contributed by atoms with Gasteiger partial charge in [-0.2, -0.15) is 10.4 Å². The molecule has 1 saturated carbocycles. The average molecular weight is 345 g/mol. The summed E-state index contributed by atoms with van der Waals surface area (Å²) in [7, 11) is 0. The number of nitriles is 1. The molecule has 0 aliphatic heterocycles. The Morgan fingerprint density at radius 2 is 2.08 bits per heavy atom. The lowest BCUT2D eigenvalue weighted by atomic mass is 10.2. The van der Waals surface area contributed by atoms with Crippen molar-refractivity contribution in [3.8, 4) is 17.6 Å².